The fourth-order valence-corrected chi connectivity index (χ4v) is 8.75. The molecule has 9 aromatic rings. The number of para-hydroxylation sites is 1. The van der Waals surface area contributed by atoms with E-state index in [1.165, 1.54) is 22.3 Å². The molecular formula is C58H53N3O. The van der Waals surface area contributed by atoms with Crippen LogP contribution in [-0.4, -0.2) is 19.6 Å². The van der Waals surface area contributed by atoms with Gasteiger partial charge in [-0.2, -0.15) is 0 Å². The van der Waals surface area contributed by atoms with E-state index in [0.29, 0.717) is 11.7 Å². The summed E-state index contributed by atoms with van der Waals surface area (Å²) in [7, 11) is 0. The third-order valence-electron chi connectivity index (χ3n) is 12.0. The molecule has 4 nitrogen and oxygen atoms in total. The predicted molar refractivity (Wildman–Crippen MR) is 260 cm³/mol. The van der Waals surface area contributed by atoms with Gasteiger partial charge in [0.25, 0.3) is 0 Å². The number of fused-ring (bicyclic) bond motifs is 1. The normalized spacial score (nSPS) is 11.6. The predicted octanol–water partition coefficient (Wildman–Crippen LogP) is 15.6. The third kappa shape index (κ3) is 7.97. The number of rotatable bonds is 11. The molecule has 0 aliphatic rings. The summed E-state index contributed by atoms with van der Waals surface area (Å²) in [4.78, 5) is 10.5. The first kappa shape index (κ1) is 40.4. The van der Waals surface area contributed by atoms with Gasteiger partial charge in [-0.3, -0.25) is 9.55 Å². The largest absolute Gasteiger partial charge is 0.507 e. The van der Waals surface area contributed by atoms with Crippen molar-refractivity contribution in [3.05, 3.63) is 193 Å². The summed E-state index contributed by atoms with van der Waals surface area (Å²) < 4.78 is 2.27. The van der Waals surface area contributed by atoms with Gasteiger partial charge in [-0.05, 0) is 134 Å². The fraction of sp³-hybridized carbons (Fsp3) is 0.172. The maximum absolute atomic E-state index is 12.2. The van der Waals surface area contributed by atoms with E-state index in [1.54, 1.807) is 0 Å². The van der Waals surface area contributed by atoms with Crippen LogP contribution in [0.4, 0.5) is 0 Å². The lowest BCUT2D eigenvalue weighted by atomic mass is 9.91. The Bertz CT molecular complexity index is 3020. The highest BCUT2D eigenvalue weighted by atomic mass is 16.3. The molecule has 306 valence electrons. The molecule has 0 unspecified atom stereocenters. The lowest BCUT2D eigenvalue weighted by Gasteiger charge is -2.19. The maximum atomic E-state index is 12.2. The van der Waals surface area contributed by atoms with E-state index in [0.717, 1.165) is 78.9 Å². The van der Waals surface area contributed by atoms with Crippen LogP contribution in [0.15, 0.2) is 176 Å². The van der Waals surface area contributed by atoms with Gasteiger partial charge in [0, 0.05) is 23.0 Å². The van der Waals surface area contributed by atoms with E-state index in [-0.39, 0.29) is 17.6 Å². The third-order valence-corrected chi connectivity index (χ3v) is 12.0. The quantitative estimate of drug-likeness (QED) is 0.142. The zero-order valence-electron chi connectivity index (χ0n) is 36.5. The molecule has 0 bridgehead atoms. The van der Waals surface area contributed by atoms with Gasteiger partial charge in [-0.1, -0.05) is 157 Å². The van der Waals surface area contributed by atoms with E-state index >= 15 is 0 Å². The van der Waals surface area contributed by atoms with Crippen molar-refractivity contribution in [2.45, 2.75) is 59.8 Å². The van der Waals surface area contributed by atoms with Gasteiger partial charge in [0.1, 0.15) is 11.6 Å². The second-order valence-corrected chi connectivity index (χ2v) is 17.5. The van der Waals surface area contributed by atoms with Crippen LogP contribution in [0.3, 0.4) is 0 Å². The molecule has 0 atom stereocenters. The SMILES string of the molecule is CC(C)Cc1cc(-n2c(-c3cc(C(C)C)cc(C(C)C)c3O)nc3c(-c4cc(-c5ccccc5)cc(-c5cc(-c6ccccc6)ccn5)c4)cccc32)ccc1-c1ccccc1. The van der Waals surface area contributed by atoms with Crippen molar-refractivity contribution in [1.82, 2.24) is 14.5 Å². The highest BCUT2D eigenvalue weighted by molar-refractivity contribution is 5.98. The van der Waals surface area contributed by atoms with Crippen LogP contribution in [-0.2, 0) is 6.42 Å². The van der Waals surface area contributed by atoms with Crippen molar-refractivity contribution in [3.8, 4) is 78.6 Å². The summed E-state index contributed by atoms with van der Waals surface area (Å²) in [5.74, 6) is 1.83. The average Bonchev–Trinajstić information content (AvgIpc) is 3.69. The van der Waals surface area contributed by atoms with E-state index < -0.39 is 0 Å². The van der Waals surface area contributed by atoms with Crippen LogP contribution in [0.5, 0.6) is 5.75 Å². The Morgan fingerprint density at radius 1 is 0.500 bits per heavy atom. The lowest BCUT2D eigenvalue weighted by molar-refractivity contribution is 0.466. The van der Waals surface area contributed by atoms with E-state index in [1.807, 2.05) is 12.3 Å². The minimum absolute atomic E-state index is 0.122. The summed E-state index contributed by atoms with van der Waals surface area (Å²) in [5, 5.41) is 12.2. The standard InChI is InChI=1S/C58H53N3O/c1-37(2)29-46-33-49(25-26-50(46)42-21-14-9-15-22-42)61-55-24-16-23-51(56(55)60-58(61)53-35-44(38(3)4)34-52(39(5)6)57(53)62)47-30-45(41-19-12-8-13-20-41)31-48(32-47)54-36-43(27-28-59-54)40-17-10-7-11-18-40/h7-28,30-39,62H,29H2,1-6H3. The summed E-state index contributed by atoms with van der Waals surface area (Å²) in [6, 6.07) is 60.3. The van der Waals surface area contributed by atoms with Gasteiger partial charge in [-0.25, -0.2) is 4.98 Å². The Morgan fingerprint density at radius 3 is 1.81 bits per heavy atom. The number of phenols is 1. The van der Waals surface area contributed by atoms with Crippen LogP contribution in [0.2, 0.25) is 0 Å². The topological polar surface area (TPSA) is 50.9 Å². The number of phenolic OH excluding ortho intramolecular Hbond substituents is 1. The number of imidazole rings is 1. The Balaban J connectivity index is 1.32. The number of hydrogen-bond donors (Lipinski definition) is 1. The van der Waals surface area contributed by atoms with Crippen LogP contribution in [0.1, 0.15) is 70.1 Å². The number of aromatic nitrogens is 3. The molecule has 4 heteroatoms. The highest BCUT2D eigenvalue weighted by Gasteiger charge is 2.24. The smallest absolute Gasteiger partial charge is 0.149 e. The van der Waals surface area contributed by atoms with Gasteiger partial charge in [-0.15, -0.1) is 0 Å². The molecule has 7 aromatic carbocycles. The number of nitrogens with zero attached hydrogens (tertiary/aromatic N) is 3. The molecule has 0 spiro atoms. The molecular weight excluding hydrogens is 755 g/mol. The second kappa shape index (κ2) is 17.1. The molecule has 62 heavy (non-hydrogen) atoms. The molecule has 0 saturated heterocycles. The number of pyridine rings is 1. The van der Waals surface area contributed by atoms with Crippen LogP contribution in [0, 0.1) is 5.92 Å². The van der Waals surface area contributed by atoms with Gasteiger partial charge in [0.2, 0.25) is 0 Å². The number of hydrogen-bond acceptors (Lipinski definition) is 3. The van der Waals surface area contributed by atoms with E-state index in [4.69, 9.17) is 9.97 Å². The summed E-state index contributed by atoms with van der Waals surface area (Å²) in [6.45, 7) is 13.3. The first-order valence-electron chi connectivity index (χ1n) is 21.9. The zero-order chi connectivity index (χ0) is 42.9. The molecule has 1 N–H and O–H groups in total. The van der Waals surface area contributed by atoms with Gasteiger partial charge in [0.05, 0.1) is 22.3 Å². The first-order chi connectivity index (χ1) is 30.1. The lowest BCUT2D eigenvalue weighted by Crippen LogP contribution is -2.04. The molecule has 0 fully saturated rings. The molecule has 0 aliphatic heterocycles. The Labute approximate surface area is 366 Å². The number of aromatic hydroxyl groups is 1. The van der Waals surface area contributed by atoms with Crippen LogP contribution < -0.4 is 0 Å². The molecule has 2 heterocycles. The average molecular weight is 808 g/mol. The monoisotopic (exact) mass is 807 g/mol. The van der Waals surface area contributed by atoms with Crippen molar-refractivity contribution in [1.29, 1.82) is 0 Å². The van der Waals surface area contributed by atoms with Crippen molar-refractivity contribution in [2.24, 2.45) is 5.92 Å². The molecule has 2 aromatic heterocycles. The second-order valence-electron chi connectivity index (χ2n) is 17.5. The maximum Gasteiger partial charge on any atom is 0.149 e. The molecule has 0 amide bonds. The summed E-state index contributed by atoms with van der Waals surface area (Å²) in [5.41, 5.74) is 17.9. The Hall–Kier alpha value is -7.04. The van der Waals surface area contributed by atoms with Crippen molar-refractivity contribution >= 4 is 11.0 Å². The van der Waals surface area contributed by atoms with Gasteiger partial charge in [0.15, 0.2) is 0 Å². The van der Waals surface area contributed by atoms with E-state index in [2.05, 4.69) is 210 Å². The van der Waals surface area contributed by atoms with Crippen LogP contribution in [0.25, 0.3) is 83.9 Å². The first-order valence-corrected chi connectivity index (χ1v) is 21.9. The minimum atomic E-state index is 0.122. The van der Waals surface area contributed by atoms with Crippen LogP contribution >= 0.6 is 0 Å². The van der Waals surface area contributed by atoms with Crippen molar-refractivity contribution in [2.75, 3.05) is 0 Å². The Morgan fingerprint density at radius 2 is 1.15 bits per heavy atom. The van der Waals surface area contributed by atoms with Gasteiger partial charge >= 0.3 is 0 Å². The van der Waals surface area contributed by atoms with Gasteiger partial charge < -0.3 is 5.11 Å². The summed E-state index contributed by atoms with van der Waals surface area (Å²) in [6.07, 6.45) is 2.83. The molecule has 0 saturated carbocycles. The highest BCUT2D eigenvalue weighted by Crippen LogP contribution is 2.44. The fourth-order valence-electron chi connectivity index (χ4n) is 8.75. The van der Waals surface area contributed by atoms with E-state index in [9.17, 15) is 5.11 Å². The summed E-state index contributed by atoms with van der Waals surface area (Å²) >= 11 is 0. The molecule has 0 radical (unpaired) electrons. The number of benzene rings is 7. The van der Waals surface area contributed by atoms with Crippen molar-refractivity contribution < 1.29 is 5.11 Å². The zero-order valence-corrected chi connectivity index (χ0v) is 36.5. The molecule has 9 rings (SSSR count). The molecule has 0 aliphatic carbocycles. The Kier molecular flexibility index (Phi) is 11.2. The van der Waals surface area contributed by atoms with Crippen molar-refractivity contribution in [3.63, 3.8) is 0 Å². The minimum Gasteiger partial charge on any atom is -0.507 e.